The van der Waals surface area contributed by atoms with Gasteiger partial charge in [0, 0.05) is 45.0 Å². The fraction of sp³-hybridized carbons (Fsp3) is 0.206. The van der Waals surface area contributed by atoms with Gasteiger partial charge in [0.1, 0.15) is 0 Å². The molecule has 9 aromatic carbocycles. The van der Waals surface area contributed by atoms with Crippen LogP contribution in [0, 0.1) is 0 Å². The molecule has 9 aromatic rings. The minimum Gasteiger partial charge on any atom is -0.311 e. The Kier molecular flexibility index (Phi) is 9.27. The highest BCUT2D eigenvalue weighted by Crippen LogP contribution is 2.54. The summed E-state index contributed by atoms with van der Waals surface area (Å²) in [5.41, 5.74) is 29.5. The van der Waals surface area contributed by atoms with Crippen LogP contribution in [-0.4, -0.2) is 6.71 Å². The minimum atomic E-state index is -0.140. The zero-order valence-corrected chi connectivity index (χ0v) is 42.9. The summed E-state index contributed by atoms with van der Waals surface area (Å²) in [5, 5.41) is 0. The molecule has 0 atom stereocenters. The highest BCUT2D eigenvalue weighted by atomic mass is 15.2. The van der Waals surface area contributed by atoms with E-state index in [-0.39, 0.29) is 28.4 Å². The van der Waals surface area contributed by atoms with Crippen molar-refractivity contribution in [1.82, 2.24) is 0 Å². The van der Waals surface area contributed by atoms with Crippen molar-refractivity contribution in [2.45, 2.75) is 90.9 Å². The predicted octanol–water partition coefficient (Wildman–Crippen LogP) is 16.3. The number of fused-ring (bicyclic) bond motifs is 10. The van der Waals surface area contributed by atoms with Crippen LogP contribution in [0.2, 0.25) is 0 Å². The molecule has 0 radical (unpaired) electrons. The lowest BCUT2D eigenvalue weighted by Crippen LogP contribution is -2.61. The van der Waals surface area contributed by atoms with E-state index in [9.17, 15) is 0 Å². The zero-order valence-electron chi connectivity index (χ0n) is 42.9. The summed E-state index contributed by atoms with van der Waals surface area (Å²) in [7, 11) is 0. The average Bonchev–Trinajstić information content (AvgIpc) is 3.75. The molecule has 0 unspecified atom stereocenters. The van der Waals surface area contributed by atoms with Crippen molar-refractivity contribution >= 4 is 57.2 Å². The maximum absolute atomic E-state index is 2.61. The fourth-order valence-electron chi connectivity index (χ4n) is 12.9. The van der Waals surface area contributed by atoms with E-state index in [0.29, 0.717) is 0 Å². The summed E-state index contributed by atoms with van der Waals surface area (Å²) < 4.78 is 0. The van der Waals surface area contributed by atoms with Gasteiger partial charge >= 0.3 is 0 Å². The van der Waals surface area contributed by atoms with E-state index < -0.39 is 0 Å². The summed E-state index contributed by atoms with van der Waals surface area (Å²) in [6.07, 6.45) is 0. The first-order valence-electron chi connectivity index (χ1n) is 25.7. The standard InChI is InChI=1S/C68H61BN2/c1-65(2,3)45-30-35-57-60(38-45)70(47-31-27-43(28-32-47)49-23-18-26-55-63(49)52-22-15-17-25-54(52)67(55,7)8)61-39-46(66(4,5)6)40-62-64(61)69(57)58-37-44(42-19-12-11-13-20-42)29-36-59(58)71(62)48-33-34-51-50-21-14-16-24-53(50)68(9,10)56(51)41-48/h11-41H,1-10H3. The Morgan fingerprint density at radius 3 is 1.61 bits per heavy atom. The molecule has 0 fully saturated rings. The van der Waals surface area contributed by atoms with Gasteiger partial charge in [-0.2, -0.15) is 0 Å². The molecular weight excluding hydrogens is 856 g/mol. The Morgan fingerprint density at radius 2 is 0.901 bits per heavy atom. The van der Waals surface area contributed by atoms with Crippen LogP contribution in [0.4, 0.5) is 34.1 Å². The molecule has 71 heavy (non-hydrogen) atoms. The molecule has 0 saturated heterocycles. The quantitative estimate of drug-likeness (QED) is 0.162. The minimum absolute atomic E-state index is 0.00563. The van der Waals surface area contributed by atoms with Gasteiger partial charge in [0.2, 0.25) is 0 Å². The monoisotopic (exact) mass is 916 g/mol. The topological polar surface area (TPSA) is 6.48 Å². The second-order valence-corrected chi connectivity index (χ2v) is 23.8. The lowest BCUT2D eigenvalue weighted by Gasteiger charge is -2.45. The number of rotatable bonds is 4. The first kappa shape index (κ1) is 43.6. The molecule has 0 aromatic heterocycles. The molecular formula is C68H61BN2. The van der Waals surface area contributed by atoms with Gasteiger partial charge in [-0.25, -0.2) is 0 Å². The van der Waals surface area contributed by atoms with Crippen LogP contribution < -0.4 is 26.2 Å². The SMILES string of the molecule is CC(C)(C)c1ccc2c(c1)N(c1ccc(-c3cccc4c3-c3ccccc3C4(C)C)cc1)c1cc(C(C)(C)C)cc3c1B2c1cc(-c2ccccc2)ccc1N3c1ccc2c(c1)C(C)(C)c1ccccc1-2. The molecule has 2 aliphatic carbocycles. The van der Waals surface area contributed by atoms with Crippen LogP contribution in [0.15, 0.2) is 188 Å². The van der Waals surface area contributed by atoms with E-state index in [0.717, 1.165) is 5.69 Å². The first-order chi connectivity index (χ1) is 34.0. The molecule has 4 aliphatic rings. The van der Waals surface area contributed by atoms with E-state index in [1.165, 1.54) is 123 Å². The third-order valence-corrected chi connectivity index (χ3v) is 16.8. The van der Waals surface area contributed by atoms with Crippen LogP contribution in [0.5, 0.6) is 0 Å². The summed E-state index contributed by atoms with van der Waals surface area (Å²) in [6, 6.07) is 72.3. The maximum atomic E-state index is 2.61. The molecule has 0 amide bonds. The molecule has 2 nitrogen and oxygen atoms in total. The highest BCUT2D eigenvalue weighted by Gasteiger charge is 2.46. The second-order valence-electron chi connectivity index (χ2n) is 23.8. The van der Waals surface area contributed by atoms with Gasteiger partial charge in [0.05, 0.1) is 0 Å². The van der Waals surface area contributed by atoms with Crippen molar-refractivity contribution in [2.24, 2.45) is 0 Å². The Balaban J connectivity index is 1.07. The van der Waals surface area contributed by atoms with Gasteiger partial charge in [0.15, 0.2) is 0 Å². The van der Waals surface area contributed by atoms with E-state index in [1.54, 1.807) is 0 Å². The predicted molar refractivity (Wildman–Crippen MR) is 304 cm³/mol. The van der Waals surface area contributed by atoms with Crippen molar-refractivity contribution in [3.63, 3.8) is 0 Å². The molecule has 3 heteroatoms. The number of hydrogen-bond acceptors (Lipinski definition) is 2. The van der Waals surface area contributed by atoms with Gasteiger partial charge in [0.25, 0.3) is 6.71 Å². The normalized spacial score (nSPS) is 15.3. The summed E-state index contributed by atoms with van der Waals surface area (Å²) in [4.78, 5) is 5.22. The van der Waals surface area contributed by atoms with Crippen molar-refractivity contribution in [2.75, 3.05) is 9.80 Å². The van der Waals surface area contributed by atoms with Gasteiger partial charge in [-0.05, 0) is 154 Å². The smallest absolute Gasteiger partial charge is 0.252 e. The summed E-state index contributed by atoms with van der Waals surface area (Å²) in [5.74, 6) is 0. The molecule has 2 heterocycles. The van der Waals surface area contributed by atoms with Gasteiger partial charge in [-0.15, -0.1) is 0 Å². The largest absolute Gasteiger partial charge is 0.311 e. The highest BCUT2D eigenvalue weighted by molar-refractivity contribution is 7.00. The van der Waals surface area contributed by atoms with E-state index in [4.69, 9.17) is 0 Å². The van der Waals surface area contributed by atoms with E-state index in [2.05, 4.69) is 267 Å². The molecule has 346 valence electrons. The van der Waals surface area contributed by atoms with Crippen LogP contribution in [0.3, 0.4) is 0 Å². The van der Waals surface area contributed by atoms with Crippen molar-refractivity contribution in [1.29, 1.82) is 0 Å². The molecule has 13 rings (SSSR count). The van der Waals surface area contributed by atoms with Gasteiger partial charge in [-0.3, -0.25) is 0 Å². The maximum Gasteiger partial charge on any atom is 0.252 e. The number of nitrogens with zero attached hydrogens (tertiary/aromatic N) is 2. The van der Waals surface area contributed by atoms with Crippen LogP contribution in [0.25, 0.3) is 44.5 Å². The first-order valence-corrected chi connectivity index (χ1v) is 25.7. The summed E-state index contributed by atoms with van der Waals surface area (Å²) in [6.45, 7) is 23.7. The average molecular weight is 917 g/mol. The number of benzene rings is 9. The van der Waals surface area contributed by atoms with E-state index in [1.807, 2.05) is 0 Å². The lowest BCUT2D eigenvalue weighted by molar-refractivity contribution is 0.590. The van der Waals surface area contributed by atoms with Crippen molar-refractivity contribution in [3.8, 4) is 44.5 Å². The third kappa shape index (κ3) is 6.41. The Morgan fingerprint density at radius 1 is 0.352 bits per heavy atom. The Bertz CT molecular complexity index is 3670. The zero-order chi connectivity index (χ0) is 48.9. The molecule has 0 spiro atoms. The second kappa shape index (κ2) is 15.1. The van der Waals surface area contributed by atoms with Gasteiger partial charge in [-0.1, -0.05) is 209 Å². The molecule has 2 aliphatic heterocycles. The number of hydrogen-bond donors (Lipinski definition) is 0. The Hall–Kier alpha value is -7.36. The molecule has 0 bridgehead atoms. The molecule has 0 N–H and O–H groups in total. The van der Waals surface area contributed by atoms with Crippen LogP contribution >= 0.6 is 0 Å². The fourth-order valence-corrected chi connectivity index (χ4v) is 12.9. The Labute approximate surface area is 421 Å². The van der Waals surface area contributed by atoms with Crippen molar-refractivity contribution < 1.29 is 0 Å². The van der Waals surface area contributed by atoms with Crippen LogP contribution in [-0.2, 0) is 21.7 Å². The van der Waals surface area contributed by atoms with E-state index >= 15 is 0 Å². The third-order valence-electron chi connectivity index (χ3n) is 16.8. The number of anilines is 6. The van der Waals surface area contributed by atoms with Crippen LogP contribution in [0.1, 0.15) is 103 Å². The van der Waals surface area contributed by atoms with Crippen molar-refractivity contribution in [3.05, 3.63) is 221 Å². The van der Waals surface area contributed by atoms with Gasteiger partial charge < -0.3 is 9.80 Å². The summed E-state index contributed by atoms with van der Waals surface area (Å²) >= 11 is 0. The molecule has 0 saturated carbocycles. The lowest BCUT2D eigenvalue weighted by atomic mass is 9.33.